The van der Waals surface area contributed by atoms with Gasteiger partial charge in [0, 0.05) is 18.1 Å². The maximum absolute atomic E-state index is 12.5. The average Bonchev–Trinajstić information content (AvgIpc) is 2.72. The lowest BCUT2D eigenvalue weighted by molar-refractivity contribution is 0.0993. The van der Waals surface area contributed by atoms with Crippen LogP contribution in [-0.4, -0.2) is 16.0 Å². The first-order valence-electron chi connectivity index (χ1n) is 7.57. The van der Waals surface area contributed by atoms with Crippen molar-refractivity contribution in [2.24, 2.45) is 0 Å². The van der Waals surface area contributed by atoms with E-state index in [1.807, 2.05) is 48.5 Å². The summed E-state index contributed by atoms with van der Waals surface area (Å²) in [4.78, 5) is 12.5. The van der Waals surface area contributed by atoms with E-state index in [1.54, 1.807) is 0 Å². The van der Waals surface area contributed by atoms with Gasteiger partial charge in [-0.1, -0.05) is 36.4 Å². The number of hydrogen-bond acceptors (Lipinski definition) is 4. The van der Waals surface area contributed by atoms with Crippen molar-refractivity contribution in [1.29, 1.82) is 0 Å². The summed E-state index contributed by atoms with van der Waals surface area (Å²) in [5.74, 6) is 0.0187. The Hall–Kier alpha value is -3.27. The molecule has 0 fully saturated rings. The van der Waals surface area contributed by atoms with Gasteiger partial charge in [0.1, 0.15) is 11.5 Å². The first-order chi connectivity index (χ1) is 11.6. The van der Waals surface area contributed by atoms with Crippen LogP contribution in [0.1, 0.15) is 15.9 Å². The lowest BCUT2D eigenvalue weighted by Gasteiger charge is -2.10. The molecule has 4 rings (SSSR count). The minimum absolute atomic E-state index is 0.163. The third-order valence-corrected chi connectivity index (χ3v) is 4.12. The Morgan fingerprint density at radius 2 is 1.54 bits per heavy atom. The van der Waals surface area contributed by atoms with Gasteiger partial charge in [0.25, 0.3) is 0 Å². The van der Waals surface area contributed by atoms with E-state index in [1.165, 1.54) is 12.1 Å². The number of carbonyl (C=O) groups is 1. The highest BCUT2D eigenvalue weighted by molar-refractivity contribution is 6.02. The molecule has 0 radical (unpaired) electrons. The second kappa shape index (κ2) is 5.42. The fraction of sp³-hybridized carbons (Fsp3) is 0.0500. The van der Waals surface area contributed by atoms with Crippen molar-refractivity contribution in [2.45, 2.75) is 6.42 Å². The number of ketones is 1. The Bertz CT molecular complexity index is 945. The Kier molecular flexibility index (Phi) is 3.24. The zero-order chi connectivity index (χ0) is 16.7. The number of aromatic hydroxyl groups is 2. The third kappa shape index (κ3) is 2.38. The van der Waals surface area contributed by atoms with Gasteiger partial charge in [0.2, 0.25) is 0 Å². The van der Waals surface area contributed by atoms with Crippen molar-refractivity contribution in [2.75, 3.05) is 0 Å². The summed E-state index contributed by atoms with van der Waals surface area (Å²) in [5, 5.41) is 19.3. The molecule has 0 aliphatic carbocycles. The molecule has 0 bridgehead atoms. The van der Waals surface area contributed by atoms with E-state index in [0.717, 1.165) is 16.7 Å². The maximum atomic E-state index is 12.5. The number of phenols is 2. The summed E-state index contributed by atoms with van der Waals surface area (Å²) in [6.07, 6.45) is 0.174. The number of phenolic OH excluding ortho intramolecular Hbond substituents is 2. The molecule has 3 aromatic rings. The molecule has 1 aliphatic heterocycles. The molecular formula is C20H14O4. The van der Waals surface area contributed by atoms with E-state index in [2.05, 4.69) is 0 Å². The van der Waals surface area contributed by atoms with Crippen LogP contribution in [0.3, 0.4) is 0 Å². The Balaban J connectivity index is 1.80. The number of hydrogen-bond donors (Lipinski definition) is 2. The van der Waals surface area contributed by atoms with Gasteiger partial charge >= 0.3 is 0 Å². The van der Waals surface area contributed by atoms with E-state index < -0.39 is 0 Å². The number of rotatable bonds is 1. The Labute approximate surface area is 138 Å². The normalized spacial score (nSPS) is 12.8. The standard InChI is InChI=1S/C20H14O4/c21-16-9-14-8-13(12-4-2-1-3-5-12)6-7-19(14)24-20-11-18(23)17(22)10-15(16)20/h1-8,10-11,22-23H,9H2. The van der Waals surface area contributed by atoms with E-state index in [-0.39, 0.29) is 35.0 Å². The van der Waals surface area contributed by atoms with Crippen LogP contribution in [0.5, 0.6) is 23.0 Å². The van der Waals surface area contributed by atoms with Crippen molar-refractivity contribution in [1.82, 2.24) is 0 Å². The van der Waals surface area contributed by atoms with Gasteiger partial charge in [-0.05, 0) is 29.3 Å². The van der Waals surface area contributed by atoms with Crippen LogP contribution < -0.4 is 4.74 Å². The monoisotopic (exact) mass is 318 g/mol. The molecule has 118 valence electrons. The van der Waals surface area contributed by atoms with E-state index in [9.17, 15) is 15.0 Å². The highest BCUT2D eigenvalue weighted by Crippen LogP contribution is 2.40. The minimum Gasteiger partial charge on any atom is -0.504 e. The molecular weight excluding hydrogens is 304 g/mol. The topological polar surface area (TPSA) is 66.8 Å². The largest absolute Gasteiger partial charge is 0.504 e. The fourth-order valence-electron chi connectivity index (χ4n) is 2.87. The fourth-order valence-corrected chi connectivity index (χ4v) is 2.87. The molecule has 3 aromatic carbocycles. The van der Waals surface area contributed by atoms with Crippen LogP contribution in [0.25, 0.3) is 11.1 Å². The quantitative estimate of drug-likeness (QED) is 0.657. The molecule has 0 saturated carbocycles. The summed E-state index contributed by atoms with van der Waals surface area (Å²) in [6, 6.07) is 18.1. The first-order valence-corrected chi connectivity index (χ1v) is 7.57. The lowest BCUT2D eigenvalue weighted by Crippen LogP contribution is -2.01. The molecule has 0 aromatic heterocycles. The smallest absolute Gasteiger partial charge is 0.171 e. The average molecular weight is 318 g/mol. The van der Waals surface area contributed by atoms with Gasteiger partial charge < -0.3 is 14.9 Å². The first kappa shape index (κ1) is 14.3. The van der Waals surface area contributed by atoms with Gasteiger partial charge in [0.15, 0.2) is 17.3 Å². The third-order valence-electron chi connectivity index (χ3n) is 4.12. The number of Topliss-reactive ketones (excluding diaryl/α,β-unsaturated/α-hetero) is 1. The van der Waals surface area contributed by atoms with E-state index >= 15 is 0 Å². The van der Waals surface area contributed by atoms with Gasteiger partial charge in [-0.3, -0.25) is 4.79 Å². The molecule has 0 unspecified atom stereocenters. The number of ether oxygens (including phenoxy) is 1. The van der Waals surface area contributed by atoms with Crippen molar-refractivity contribution < 1.29 is 19.7 Å². The Morgan fingerprint density at radius 3 is 2.33 bits per heavy atom. The summed E-state index contributed by atoms with van der Waals surface area (Å²) in [5.41, 5.74) is 3.10. The second-order valence-corrected chi connectivity index (χ2v) is 5.73. The van der Waals surface area contributed by atoms with Crippen molar-refractivity contribution in [3.63, 3.8) is 0 Å². The molecule has 0 spiro atoms. The second-order valence-electron chi connectivity index (χ2n) is 5.73. The number of fused-ring (bicyclic) bond motifs is 2. The SMILES string of the molecule is O=C1Cc2cc(-c3ccccc3)ccc2Oc2cc(O)c(O)cc21. The van der Waals surface area contributed by atoms with Crippen LogP contribution in [0.2, 0.25) is 0 Å². The van der Waals surface area contributed by atoms with Gasteiger partial charge in [-0.2, -0.15) is 0 Å². The summed E-state index contributed by atoms with van der Waals surface area (Å²) < 4.78 is 5.81. The van der Waals surface area contributed by atoms with E-state index in [0.29, 0.717) is 5.75 Å². The number of benzene rings is 3. The van der Waals surface area contributed by atoms with Crippen LogP contribution >= 0.6 is 0 Å². The Morgan fingerprint density at radius 1 is 0.792 bits per heavy atom. The summed E-state index contributed by atoms with van der Waals surface area (Å²) in [7, 11) is 0. The predicted octanol–water partition coefficient (Wildman–Crippen LogP) is 4.30. The molecule has 0 atom stereocenters. The highest BCUT2D eigenvalue weighted by Gasteiger charge is 2.23. The zero-order valence-electron chi connectivity index (χ0n) is 12.7. The number of carbonyl (C=O) groups excluding carboxylic acids is 1. The van der Waals surface area contributed by atoms with E-state index in [4.69, 9.17) is 4.74 Å². The van der Waals surface area contributed by atoms with Crippen molar-refractivity contribution in [3.8, 4) is 34.1 Å². The zero-order valence-corrected chi connectivity index (χ0v) is 12.7. The molecule has 0 amide bonds. The van der Waals surface area contributed by atoms with Crippen LogP contribution in [0.15, 0.2) is 60.7 Å². The maximum Gasteiger partial charge on any atom is 0.171 e. The van der Waals surface area contributed by atoms with Gasteiger partial charge in [-0.25, -0.2) is 0 Å². The molecule has 2 N–H and O–H groups in total. The molecule has 1 aliphatic rings. The molecule has 0 saturated heterocycles. The highest BCUT2D eigenvalue weighted by atomic mass is 16.5. The molecule has 1 heterocycles. The molecule has 4 heteroatoms. The van der Waals surface area contributed by atoms with Crippen LogP contribution in [0.4, 0.5) is 0 Å². The van der Waals surface area contributed by atoms with Gasteiger partial charge in [0.05, 0.1) is 5.56 Å². The summed E-state index contributed by atoms with van der Waals surface area (Å²) >= 11 is 0. The van der Waals surface area contributed by atoms with Crippen molar-refractivity contribution in [3.05, 3.63) is 71.8 Å². The summed E-state index contributed by atoms with van der Waals surface area (Å²) in [6.45, 7) is 0. The van der Waals surface area contributed by atoms with Crippen LogP contribution in [-0.2, 0) is 6.42 Å². The van der Waals surface area contributed by atoms with Gasteiger partial charge in [-0.15, -0.1) is 0 Å². The van der Waals surface area contributed by atoms with Crippen LogP contribution in [0, 0.1) is 0 Å². The minimum atomic E-state index is -0.332. The van der Waals surface area contributed by atoms with Crippen molar-refractivity contribution >= 4 is 5.78 Å². The predicted molar refractivity (Wildman–Crippen MR) is 89.8 cm³/mol. The molecule has 24 heavy (non-hydrogen) atoms. The molecule has 4 nitrogen and oxygen atoms in total. The lowest BCUT2D eigenvalue weighted by atomic mass is 9.98.